The van der Waals surface area contributed by atoms with Crippen LogP contribution in [0.3, 0.4) is 0 Å². The lowest BCUT2D eigenvalue weighted by molar-refractivity contribution is -0.135. The standard InChI is InChI=1S/C20H28ClFN4O4/c1-13(11-23-20(29)24-18(27)6-9-30-3)19(28)25-7-8-26(14(2)12-25)15-4-5-17(22)16(21)10-15/h4-5,10,13-14H,6-9,11-12H2,1-3H3,(H2,23,24,27,29)/t13-,14-/m0/s1. The van der Waals surface area contributed by atoms with Crippen molar-refractivity contribution < 1.29 is 23.5 Å². The highest BCUT2D eigenvalue weighted by Crippen LogP contribution is 2.26. The molecule has 10 heteroatoms. The van der Waals surface area contributed by atoms with Crippen molar-refractivity contribution in [1.29, 1.82) is 0 Å². The number of halogens is 2. The molecule has 1 aromatic carbocycles. The molecule has 1 aliphatic rings. The number of amides is 4. The molecule has 1 aliphatic heterocycles. The average Bonchev–Trinajstić information content (AvgIpc) is 2.72. The molecule has 0 aromatic heterocycles. The summed E-state index contributed by atoms with van der Waals surface area (Å²) in [4.78, 5) is 39.8. The van der Waals surface area contributed by atoms with Crippen molar-refractivity contribution in [1.82, 2.24) is 15.5 Å². The number of nitrogens with one attached hydrogen (secondary N) is 2. The van der Waals surface area contributed by atoms with Gasteiger partial charge < -0.3 is 19.9 Å². The first kappa shape index (κ1) is 23.9. The highest BCUT2D eigenvalue weighted by molar-refractivity contribution is 6.31. The van der Waals surface area contributed by atoms with E-state index in [4.69, 9.17) is 16.3 Å². The van der Waals surface area contributed by atoms with Crippen LogP contribution in [0.15, 0.2) is 18.2 Å². The van der Waals surface area contributed by atoms with Gasteiger partial charge in [0.1, 0.15) is 5.82 Å². The number of hydrogen-bond acceptors (Lipinski definition) is 5. The number of benzene rings is 1. The van der Waals surface area contributed by atoms with Crippen LogP contribution in [-0.2, 0) is 14.3 Å². The number of methoxy groups -OCH3 is 1. The van der Waals surface area contributed by atoms with Crippen LogP contribution < -0.4 is 15.5 Å². The van der Waals surface area contributed by atoms with Gasteiger partial charge in [0.15, 0.2) is 0 Å². The van der Waals surface area contributed by atoms with Crippen molar-refractivity contribution in [3.63, 3.8) is 0 Å². The summed E-state index contributed by atoms with van der Waals surface area (Å²) < 4.78 is 18.2. The average molecular weight is 443 g/mol. The van der Waals surface area contributed by atoms with E-state index < -0.39 is 23.7 Å². The highest BCUT2D eigenvalue weighted by Gasteiger charge is 2.29. The summed E-state index contributed by atoms with van der Waals surface area (Å²) in [7, 11) is 1.47. The minimum Gasteiger partial charge on any atom is -0.384 e. The normalized spacial score (nSPS) is 17.4. The molecule has 2 atom stereocenters. The summed E-state index contributed by atoms with van der Waals surface area (Å²) in [6, 6.07) is 3.98. The zero-order chi connectivity index (χ0) is 22.3. The zero-order valence-electron chi connectivity index (χ0n) is 17.4. The Hall–Kier alpha value is -2.39. The molecule has 1 aromatic rings. The molecule has 1 heterocycles. The number of carbonyl (C=O) groups excluding carboxylic acids is 3. The summed E-state index contributed by atoms with van der Waals surface area (Å²) in [5.74, 6) is -1.43. The Labute approximate surface area is 180 Å². The smallest absolute Gasteiger partial charge is 0.321 e. The number of carbonyl (C=O) groups is 3. The second kappa shape index (κ2) is 11.1. The molecule has 1 fully saturated rings. The van der Waals surface area contributed by atoms with Crippen LogP contribution >= 0.6 is 11.6 Å². The number of piperazine rings is 1. The maximum atomic E-state index is 13.4. The van der Waals surface area contributed by atoms with Crippen molar-refractivity contribution in [2.75, 3.05) is 44.8 Å². The number of nitrogens with zero attached hydrogens (tertiary/aromatic N) is 2. The Balaban J connectivity index is 1.82. The van der Waals surface area contributed by atoms with E-state index in [1.807, 2.05) is 6.92 Å². The zero-order valence-corrected chi connectivity index (χ0v) is 18.2. The van der Waals surface area contributed by atoms with Crippen molar-refractivity contribution in [2.24, 2.45) is 5.92 Å². The van der Waals surface area contributed by atoms with Gasteiger partial charge >= 0.3 is 6.03 Å². The summed E-state index contributed by atoms with van der Waals surface area (Å²) in [5, 5.41) is 4.80. The van der Waals surface area contributed by atoms with E-state index in [0.717, 1.165) is 5.69 Å². The van der Waals surface area contributed by atoms with Crippen LogP contribution in [-0.4, -0.2) is 68.7 Å². The molecule has 0 bridgehead atoms. The molecule has 30 heavy (non-hydrogen) atoms. The summed E-state index contributed by atoms with van der Waals surface area (Å²) in [6.45, 7) is 5.64. The van der Waals surface area contributed by atoms with E-state index in [0.29, 0.717) is 19.6 Å². The number of anilines is 1. The summed E-state index contributed by atoms with van der Waals surface area (Å²) in [6.07, 6.45) is 0.0832. The van der Waals surface area contributed by atoms with Crippen LogP contribution in [0.5, 0.6) is 0 Å². The van der Waals surface area contributed by atoms with Crippen LogP contribution in [0.4, 0.5) is 14.9 Å². The maximum absolute atomic E-state index is 13.4. The third kappa shape index (κ3) is 6.56. The van der Waals surface area contributed by atoms with Gasteiger partial charge in [0.2, 0.25) is 11.8 Å². The Kier molecular flexibility index (Phi) is 8.86. The monoisotopic (exact) mass is 442 g/mol. The Morgan fingerprint density at radius 3 is 2.70 bits per heavy atom. The molecule has 0 saturated carbocycles. The van der Waals surface area contributed by atoms with Gasteiger partial charge in [-0.1, -0.05) is 18.5 Å². The summed E-state index contributed by atoms with van der Waals surface area (Å²) >= 11 is 5.89. The summed E-state index contributed by atoms with van der Waals surface area (Å²) in [5.41, 5.74) is 0.811. The number of hydrogen-bond donors (Lipinski definition) is 2. The third-order valence-electron chi connectivity index (χ3n) is 4.95. The van der Waals surface area contributed by atoms with Gasteiger partial charge in [-0.15, -0.1) is 0 Å². The predicted molar refractivity (Wildman–Crippen MR) is 112 cm³/mol. The van der Waals surface area contributed by atoms with Gasteiger partial charge in [-0.25, -0.2) is 9.18 Å². The largest absolute Gasteiger partial charge is 0.384 e. The SMILES string of the molecule is COCCC(=O)NC(=O)NC[C@H](C)C(=O)N1CCN(c2ccc(F)c(Cl)c2)[C@@H](C)C1. The van der Waals surface area contributed by atoms with Crippen molar-refractivity contribution >= 4 is 35.1 Å². The van der Waals surface area contributed by atoms with Gasteiger partial charge in [0.05, 0.1) is 24.0 Å². The molecule has 2 N–H and O–H groups in total. The lowest BCUT2D eigenvalue weighted by Gasteiger charge is -2.42. The molecule has 1 saturated heterocycles. The number of urea groups is 1. The van der Waals surface area contributed by atoms with E-state index in [9.17, 15) is 18.8 Å². The van der Waals surface area contributed by atoms with Gasteiger partial charge in [0.25, 0.3) is 0 Å². The topological polar surface area (TPSA) is 91.0 Å². The molecular formula is C20H28ClFN4O4. The number of rotatable bonds is 7. The van der Waals surface area contributed by atoms with Crippen LogP contribution in [0.2, 0.25) is 5.02 Å². The Bertz CT molecular complexity index is 779. The number of imide groups is 1. The van der Waals surface area contributed by atoms with Crippen LogP contribution in [0, 0.1) is 11.7 Å². The van der Waals surface area contributed by atoms with E-state index in [1.54, 1.807) is 24.0 Å². The second-order valence-corrected chi connectivity index (χ2v) is 7.73. The fraction of sp³-hybridized carbons (Fsp3) is 0.550. The first-order chi connectivity index (χ1) is 14.2. The van der Waals surface area contributed by atoms with Crippen LogP contribution in [0.25, 0.3) is 0 Å². The molecule has 2 rings (SSSR count). The van der Waals surface area contributed by atoms with Crippen LogP contribution in [0.1, 0.15) is 20.3 Å². The Morgan fingerprint density at radius 1 is 1.33 bits per heavy atom. The van der Waals surface area contributed by atoms with Crippen molar-refractivity contribution in [2.45, 2.75) is 26.3 Å². The molecule has 166 valence electrons. The lowest BCUT2D eigenvalue weighted by atomic mass is 10.1. The predicted octanol–water partition coefficient (Wildman–Crippen LogP) is 2.01. The maximum Gasteiger partial charge on any atom is 0.321 e. The fourth-order valence-electron chi connectivity index (χ4n) is 3.28. The molecule has 4 amide bonds. The highest BCUT2D eigenvalue weighted by atomic mass is 35.5. The van der Waals surface area contributed by atoms with E-state index >= 15 is 0 Å². The van der Waals surface area contributed by atoms with Gasteiger partial charge in [0, 0.05) is 45.0 Å². The minimum atomic E-state index is -0.637. The molecule has 0 aliphatic carbocycles. The van der Waals surface area contributed by atoms with E-state index in [-0.39, 0.29) is 36.5 Å². The second-order valence-electron chi connectivity index (χ2n) is 7.33. The molecule has 8 nitrogen and oxygen atoms in total. The Morgan fingerprint density at radius 2 is 2.07 bits per heavy atom. The third-order valence-corrected chi connectivity index (χ3v) is 5.24. The van der Waals surface area contributed by atoms with E-state index in [2.05, 4.69) is 15.5 Å². The lowest BCUT2D eigenvalue weighted by Crippen LogP contribution is -2.55. The first-order valence-electron chi connectivity index (χ1n) is 9.80. The molecular weight excluding hydrogens is 415 g/mol. The number of ether oxygens (including phenoxy) is 1. The fourth-order valence-corrected chi connectivity index (χ4v) is 3.45. The van der Waals surface area contributed by atoms with Gasteiger partial charge in [-0.05, 0) is 25.1 Å². The van der Waals surface area contributed by atoms with Gasteiger partial charge in [-0.3, -0.25) is 14.9 Å². The van der Waals surface area contributed by atoms with Crippen molar-refractivity contribution in [3.05, 3.63) is 29.0 Å². The quantitative estimate of drug-likeness (QED) is 0.674. The minimum absolute atomic E-state index is 0.0195. The molecule has 0 radical (unpaired) electrons. The first-order valence-corrected chi connectivity index (χ1v) is 10.2. The van der Waals surface area contributed by atoms with Gasteiger partial charge in [-0.2, -0.15) is 0 Å². The van der Waals surface area contributed by atoms with Crippen molar-refractivity contribution in [3.8, 4) is 0 Å². The molecule has 0 spiro atoms. The van der Waals surface area contributed by atoms with E-state index in [1.165, 1.54) is 13.2 Å². The molecule has 0 unspecified atom stereocenters.